The van der Waals surface area contributed by atoms with Gasteiger partial charge in [-0.05, 0) is 160 Å². The third-order valence-corrected chi connectivity index (χ3v) is 14.1. The van der Waals surface area contributed by atoms with Crippen molar-refractivity contribution in [2.45, 2.75) is 144 Å². The summed E-state index contributed by atoms with van der Waals surface area (Å²) in [5.74, 6) is 2.35. The van der Waals surface area contributed by atoms with Crippen molar-refractivity contribution in [3.05, 3.63) is 206 Å². The minimum atomic E-state index is -0.174. The quantitative estimate of drug-likeness (QED) is 0.0600. The monoisotopic (exact) mass is 986 g/mol. The number of hydrogen-bond acceptors (Lipinski definition) is 8. The first-order valence-corrected chi connectivity index (χ1v) is 25.5. The third kappa shape index (κ3) is 15.1. The van der Waals surface area contributed by atoms with Crippen LogP contribution in [0.3, 0.4) is 0 Å². The molecule has 0 aliphatic heterocycles. The van der Waals surface area contributed by atoms with E-state index in [1.165, 1.54) is 22.3 Å². The second-order valence-corrected chi connectivity index (χ2v) is 20.5. The first kappa shape index (κ1) is 58.2. The van der Waals surface area contributed by atoms with Gasteiger partial charge in [-0.25, -0.2) is 0 Å². The predicted octanol–water partition coefficient (Wildman–Crippen LogP) is 15.4. The molecule has 8 nitrogen and oxygen atoms in total. The van der Waals surface area contributed by atoms with E-state index < -0.39 is 0 Å². The van der Waals surface area contributed by atoms with E-state index in [-0.39, 0.29) is 22.0 Å². The lowest BCUT2D eigenvalue weighted by Crippen LogP contribution is -2.19. The van der Waals surface area contributed by atoms with Crippen molar-refractivity contribution >= 4 is 0 Å². The van der Waals surface area contributed by atoms with Crippen LogP contribution in [0.4, 0.5) is 0 Å². The number of hydrogen-bond donors (Lipinski definition) is 7. The zero-order valence-electron chi connectivity index (χ0n) is 45.2. The lowest BCUT2D eigenvalue weighted by molar-refractivity contribution is 0.465. The molecule has 7 rings (SSSR count). The lowest BCUT2D eigenvalue weighted by Gasteiger charge is -2.27. The van der Waals surface area contributed by atoms with E-state index in [1.807, 2.05) is 82.3 Å². The molecule has 0 amide bonds. The lowest BCUT2D eigenvalue weighted by atomic mass is 9.76. The molecule has 0 fully saturated rings. The van der Waals surface area contributed by atoms with Gasteiger partial charge in [0, 0.05) is 16.2 Å². The van der Waals surface area contributed by atoms with Gasteiger partial charge in [-0.15, -0.1) is 0 Å². The van der Waals surface area contributed by atoms with E-state index >= 15 is 0 Å². The van der Waals surface area contributed by atoms with Crippen LogP contribution in [0.5, 0.6) is 40.2 Å². The Labute approximate surface area is 435 Å². The van der Waals surface area contributed by atoms with Crippen LogP contribution in [-0.2, 0) is 48.3 Å². The zero-order chi connectivity index (χ0) is 54.3. The fraction of sp³-hybridized carbons (Fsp3) is 0.338. The average Bonchev–Trinajstić information content (AvgIpc) is 3.36. The summed E-state index contributed by atoms with van der Waals surface area (Å²) in [5, 5.41) is 76.1. The molecule has 0 radical (unpaired) electrons. The van der Waals surface area contributed by atoms with Gasteiger partial charge in [0.15, 0.2) is 0 Å². The van der Waals surface area contributed by atoms with Gasteiger partial charge in [0.25, 0.3) is 0 Å². The van der Waals surface area contributed by atoms with Crippen molar-refractivity contribution in [3.8, 4) is 46.3 Å². The first-order valence-electron chi connectivity index (χ1n) is 25.5. The molecule has 0 aliphatic carbocycles. The number of aryl methyl sites for hydroxylation is 6. The summed E-state index contributed by atoms with van der Waals surface area (Å²) < 4.78 is 0. The summed E-state index contributed by atoms with van der Waals surface area (Å²) >= 11 is 0. The Kier molecular flexibility index (Phi) is 20.6. The van der Waals surface area contributed by atoms with Crippen LogP contribution < -0.4 is 0 Å². The third-order valence-electron chi connectivity index (χ3n) is 14.1. The maximum Gasteiger partial charge on any atom is 0.118 e. The Morgan fingerprint density at radius 3 is 0.918 bits per heavy atom. The van der Waals surface area contributed by atoms with Crippen molar-refractivity contribution in [2.75, 3.05) is 0 Å². The molecule has 0 aromatic heterocycles. The zero-order valence-corrected chi connectivity index (χ0v) is 45.2. The smallest absolute Gasteiger partial charge is 0.118 e. The minimum absolute atomic E-state index is 0.170. The Morgan fingerprint density at radius 1 is 0.370 bits per heavy atom. The Morgan fingerprint density at radius 2 is 0.644 bits per heavy atom. The van der Waals surface area contributed by atoms with Gasteiger partial charge in [-0.3, -0.25) is 0 Å². The molecule has 8 heteroatoms. The van der Waals surface area contributed by atoms with E-state index in [1.54, 1.807) is 60.7 Å². The van der Waals surface area contributed by atoms with Gasteiger partial charge >= 0.3 is 0 Å². The maximum absolute atomic E-state index is 10.0. The summed E-state index contributed by atoms with van der Waals surface area (Å²) in [6, 6.07) is 43.5. The standard InChI is InChI=1S/C21H28O2.C19H24O2.C17H20O2.C8H7NO/c1-5-7-15-13-17(9-11-19(15)22)21(3,4)18-10-12-20(23)16(14-18)8-6-2;1-5-13-11-15(7-9-17(13)20)19(3,4)16-8-10-18(21)14(6-2)12-16;1-11-9-13(5-7-15(11)18)17(3,4)14-6-8-16(19)12(2)10-14;9-6-5-7-1-3-8(10)4-2-7/h9-14,22-23H,5-8H2,1-4H3;7-12,20-21H,5-6H2,1-4H3;5-10,18-19H,1-4H3;1-4,10H,5H2. The van der Waals surface area contributed by atoms with Crippen molar-refractivity contribution in [1.29, 1.82) is 5.26 Å². The number of nitrogens with zero attached hydrogens (tertiary/aromatic N) is 1. The molecule has 0 saturated carbocycles. The van der Waals surface area contributed by atoms with Gasteiger partial charge in [-0.1, -0.05) is 167 Å². The number of phenolic OH excluding ortho intramolecular Hbond substituents is 7. The molecular formula is C65H79NO7. The van der Waals surface area contributed by atoms with E-state index in [0.29, 0.717) is 40.9 Å². The fourth-order valence-electron chi connectivity index (χ4n) is 8.70. The molecule has 0 unspecified atom stereocenters. The van der Waals surface area contributed by atoms with Gasteiger partial charge < -0.3 is 35.7 Å². The van der Waals surface area contributed by atoms with Gasteiger partial charge in [-0.2, -0.15) is 5.26 Å². The van der Waals surface area contributed by atoms with Gasteiger partial charge in [0.2, 0.25) is 0 Å². The van der Waals surface area contributed by atoms with E-state index in [4.69, 9.17) is 10.4 Å². The van der Waals surface area contributed by atoms with E-state index in [0.717, 1.165) is 88.6 Å². The van der Waals surface area contributed by atoms with Crippen molar-refractivity contribution in [3.63, 3.8) is 0 Å². The molecule has 0 heterocycles. The highest BCUT2D eigenvalue weighted by Crippen LogP contribution is 2.39. The number of rotatable bonds is 13. The largest absolute Gasteiger partial charge is 0.508 e. The number of phenols is 7. The molecule has 386 valence electrons. The SMILES string of the molecule is CCCc1cc(C(C)(C)c2ccc(O)c(CCC)c2)ccc1O.CCc1cc(C(C)(C)c2ccc(O)c(CC)c2)ccc1O.Cc1cc(C(C)(C)c2ccc(O)c(C)c2)ccc1O.N#CCc1ccc(O)cc1. The van der Waals surface area contributed by atoms with Gasteiger partial charge in [0.05, 0.1) is 12.5 Å². The molecule has 73 heavy (non-hydrogen) atoms. The maximum atomic E-state index is 10.0. The highest BCUT2D eigenvalue weighted by atomic mass is 16.3. The normalized spacial score (nSPS) is 11.2. The summed E-state index contributed by atoms with van der Waals surface area (Å²) in [5.41, 5.74) is 13.1. The summed E-state index contributed by atoms with van der Waals surface area (Å²) in [7, 11) is 0. The molecule has 0 bridgehead atoms. The van der Waals surface area contributed by atoms with Crippen LogP contribution in [0.25, 0.3) is 0 Å². The van der Waals surface area contributed by atoms with Crippen molar-refractivity contribution in [2.24, 2.45) is 0 Å². The predicted molar refractivity (Wildman–Crippen MR) is 299 cm³/mol. The minimum Gasteiger partial charge on any atom is -0.508 e. The molecule has 7 N–H and O–H groups in total. The van der Waals surface area contributed by atoms with Crippen LogP contribution in [0, 0.1) is 25.2 Å². The second kappa shape index (κ2) is 25.8. The summed E-state index contributed by atoms with van der Waals surface area (Å²) in [4.78, 5) is 0. The van der Waals surface area contributed by atoms with Crippen LogP contribution in [0.15, 0.2) is 133 Å². The van der Waals surface area contributed by atoms with Crippen LogP contribution >= 0.6 is 0 Å². The average molecular weight is 986 g/mol. The molecule has 7 aromatic rings. The Bertz CT molecular complexity index is 2790. The highest BCUT2D eigenvalue weighted by molar-refractivity contribution is 5.50. The number of nitriles is 1. The summed E-state index contributed by atoms with van der Waals surface area (Å²) in [6.07, 6.45) is 5.81. The highest BCUT2D eigenvalue weighted by Gasteiger charge is 2.27. The Balaban J connectivity index is 0.000000218. The van der Waals surface area contributed by atoms with Crippen LogP contribution in [-0.4, -0.2) is 35.7 Å². The molecule has 0 spiro atoms. The first-order chi connectivity index (χ1) is 34.4. The van der Waals surface area contributed by atoms with Gasteiger partial charge in [0.1, 0.15) is 40.2 Å². The fourth-order valence-corrected chi connectivity index (χ4v) is 8.70. The summed E-state index contributed by atoms with van der Waals surface area (Å²) in [6.45, 7) is 25.1. The van der Waals surface area contributed by atoms with E-state index in [9.17, 15) is 30.6 Å². The second-order valence-electron chi connectivity index (χ2n) is 20.5. The van der Waals surface area contributed by atoms with Crippen LogP contribution in [0.1, 0.15) is 154 Å². The van der Waals surface area contributed by atoms with Crippen molar-refractivity contribution < 1.29 is 35.7 Å². The molecule has 0 aliphatic rings. The molecular weight excluding hydrogens is 907 g/mol. The van der Waals surface area contributed by atoms with E-state index in [2.05, 4.69) is 79.7 Å². The number of benzene rings is 7. The Hall–Kier alpha value is -7.37. The molecule has 0 atom stereocenters. The number of aromatic hydroxyl groups is 7. The topological polar surface area (TPSA) is 165 Å². The van der Waals surface area contributed by atoms with Crippen molar-refractivity contribution in [1.82, 2.24) is 0 Å². The molecule has 7 aromatic carbocycles. The molecule has 0 saturated heterocycles. The van der Waals surface area contributed by atoms with Crippen LogP contribution in [0.2, 0.25) is 0 Å².